The van der Waals surface area contributed by atoms with Crippen LogP contribution in [0.25, 0.3) is 11.0 Å². The molecule has 0 aliphatic carbocycles. The van der Waals surface area contributed by atoms with E-state index in [2.05, 4.69) is 44.0 Å². The number of rotatable bonds is 6. The second kappa shape index (κ2) is 7.79. The first kappa shape index (κ1) is 16.9. The van der Waals surface area contributed by atoms with Crippen molar-refractivity contribution in [3.05, 3.63) is 54.4 Å². The summed E-state index contributed by atoms with van der Waals surface area (Å²) in [6.45, 7) is 5.41. The van der Waals surface area contributed by atoms with Gasteiger partial charge in [0.25, 0.3) is 0 Å². The van der Waals surface area contributed by atoms with E-state index in [-0.39, 0.29) is 0 Å². The Morgan fingerprint density at radius 2 is 1.77 bits per heavy atom. The normalized spacial score (nSPS) is 15.5. The quantitative estimate of drug-likeness (QED) is 0.741. The van der Waals surface area contributed by atoms with E-state index in [1.165, 1.54) is 5.69 Å². The summed E-state index contributed by atoms with van der Waals surface area (Å²) in [6.07, 6.45) is 2.13. The molecule has 1 saturated heterocycles. The summed E-state index contributed by atoms with van der Waals surface area (Å²) in [5.41, 5.74) is 3.40. The van der Waals surface area contributed by atoms with Crippen LogP contribution in [0.2, 0.25) is 0 Å². The number of H-pyrrole nitrogens is 1. The first-order chi connectivity index (χ1) is 12.8. The number of ether oxygens (including phenoxy) is 1. The second-order valence-electron chi connectivity index (χ2n) is 6.80. The number of piperazine rings is 1. The van der Waals surface area contributed by atoms with Crippen molar-refractivity contribution in [1.29, 1.82) is 0 Å². The Balaban J connectivity index is 1.26. The molecule has 0 bridgehead atoms. The molecule has 2 aromatic carbocycles. The minimum absolute atomic E-state index is 0.964. The van der Waals surface area contributed by atoms with Crippen molar-refractivity contribution in [2.24, 2.45) is 0 Å². The fourth-order valence-electron chi connectivity index (χ4n) is 3.70. The zero-order valence-electron chi connectivity index (χ0n) is 15.3. The number of hydrogen-bond acceptors (Lipinski definition) is 4. The number of nitrogens with zero attached hydrogens (tertiary/aromatic N) is 3. The van der Waals surface area contributed by atoms with E-state index < -0.39 is 0 Å². The molecular formula is C21H26N4O. The summed E-state index contributed by atoms with van der Waals surface area (Å²) in [5, 5.41) is 0. The van der Waals surface area contributed by atoms with Gasteiger partial charge in [-0.05, 0) is 37.2 Å². The van der Waals surface area contributed by atoms with E-state index in [0.717, 1.165) is 68.2 Å². The molecule has 5 nitrogen and oxygen atoms in total. The van der Waals surface area contributed by atoms with Crippen molar-refractivity contribution >= 4 is 16.7 Å². The monoisotopic (exact) mass is 350 g/mol. The average molecular weight is 350 g/mol. The number of aryl methyl sites for hydroxylation is 1. The molecule has 0 atom stereocenters. The van der Waals surface area contributed by atoms with Crippen LogP contribution in [0.3, 0.4) is 0 Å². The number of fused-ring (bicyclic) bond motifs is 1. The van der Waals surface area contributed by atoms with E-state index in [1.54, 1.807) is 7.11 Å². The van der Waals surface area contributed by atoms with Crippen molar-refractivity contribution < 1.29 is 4.74 Å². The Kier molecular flexibility index (Phi) is 5.07. The molecule has 0 amide bonds. The predicted molar refractivity (Wildman–Crippen MR) is 106 cm³/mol. The molecule has 1 aromatic heterocycles. The number of benzene rings is 2. The summed E-state index contributed by atoms with van der Waals surface area (Å²) < 4.78 is 5.50. The molecule has 2 heterocycles. The van der Waals surface area contributed by atoms with Crippen molar-refractivity contribution in [2.75, 3.05) is 44.7 Å². The molecule has 0 spiro atoms. The number of hydrogen-bond donors (Lipinski definition) is 1. The molecule has 0 unspecified atom stereocenters. The van der Waals surface area contributed by atoms with Gasteiger partial charge in [0, 0.05) is 32.6 Å². The van der Waals surface area contributed by atoms with Gasteiger partial charge >= 0.3 is 0 Å². The Hall–Kier alpha value is -2.53. The molecule has 3 aromatic rings. The number of imidazole rings is 1. The molecule has 0 radical (unpaired) electrons. The van der Waals surface area contributed by atoms with Gasteiger partial charge < -0.3 is 14.6 Å². The third-order valence-electron chi connectivity index (χ3n) is 5.12. The van der Waals surface area contributed by atoms with Crippen LogP contribution in [-0.2, 0) is 6.42 Å². The molecule has 26 heavy (non-hydrogen) atoms. The second-order valence-corrected chi connectivity index (χ2v) is 6.80. The van der Waals surface area contributed by atoms with E-state index in [9.17, 15) is 0 Å². The highest BCUT2D eigenvalue weighted by Gasteiger charge is 2.19. The van der Waals surface area contributed by atoms with Crippen LogP contribution in [0, 0.1) is 0 Å². The van der Waals surface area contributed by atoms with Crippen LogP contribution in [0.5, 0.6) is 5.75 Å². The highest BCUT2D eigenvalue weighted by Crippen LogP contribution is 2.28. The molecule has 136 valence electrons. The maximum absolute atomic E-state index is 5.50. The first-order valence-corrected chi connectivity index (χ1v) is 9.37. The van der Waals surface area contributed by atoms with E-state index in [0.29, 0.717) is 0 Å². The fraction of sp³-hybridized carbons (Fsp3) is 0.381. The summed E-state index contributed by atoms with van der Waals surface area (Å²) in [5.74, 6) is 2.06. The lowest BCUT2D eigenvalue weighted by molar-refractivity contribution is 0.254. The maximum atomic E-state index is 5.50. The van der Waals surface area contributed by atoms with Gasteiger partial charge in [0.05, 0.1) is 23.8 Å². The first-order valence-electron chi connectivity index (χ1n) is 9.37. The molecule has 0 saturated carbocycles. The maximum Gasteiger partial charge on any atom is 0.142 e. The minimum Gasteiger partial charge on any atom is -0.495 e. The van der Waals surface area contributed by atoms with Crippen molar-refractivity contribution in [3.8, 4) is 5.75 Å². The van der Waals surface area contributed by atoms with Crippen LogP contribution in [0.15, 0.2) is 48.5 Å². The zero-order valence-corrected chi connectivity index (χ0v) is 15.3. The highest BCUT2D eigenvalue weighted by molar-refractivity contribution is 5.74. The van der Waals surface area contributed by atoms with E-state index in [4.69, 9.17) is 4.74 Å². The van der Waals surface area contributed by atoms with Crippen molar-refractivity contribution in [1.82, 2.24) is 14.9 Å². The Labute approximate surface area is 154 Å². The number of aromatic amines is 1. The number of nitrogens with one attached hydrogen (secondary N) is 1. The highest BCUT2D eigenvalue weighted by atomic mass is 16.5. The number of methoxy groups -OCH3 is 1. The average Bonchev–Trinajstić information content (AvgIpc) is 3.11. The minimum atomic E-state index is 0.964. The predicted octanol–water partition coefficient (Wildman–Crippen LogP) is 3.33. The van der Waals surface area contributed by atoms with Gasteiger partial charge in [-0.2, -0.15) is 0 Å². The fourth-order valence-corrected chi connectivity index (χ4v) is 3.70. The van der Waals surface area contributed by atoms with Crippen molar-refractivity contribution in [3.63, 3.8) is 0 Å². The summed E-state index contributed by atoms with van der Waals surface area (Å²) >= 11 is 0. The van der Waals surface area contributed by atoms with Gasteiger partial charge in [0.1, 0.15) is 11.6 Å². The van der Waals surface area contributed by atoms with Gasteiger partial charge in [0.2, 0.25) is 0 Å². The Morgan fingerprint density at radius 1 is 1.00 bits per heavy atom. The smallest absolute Gasteiger partial charge is 0.142 e. The third-order valence-corrected chi connectivity index (χ3v) is 5.12. The molecule has 4 rings (SSSR count). The van der Waals surface area contributed by atoms with Crippen LogP contribution in [-0.4, -0.2) is 54.7 Å². The number of aromatic nitrogens is 2. The molecule has 1 aliphatic rings. The summed E-state index contributed by atoms with van der Waals surface area (Å²) in [6, 6.07) is 16.5. The molecule has 1 aliphatic heterocycles. The molecule has 1 N–H and O–H groups in total. The van der Waals surface area contributed by atoms with Gasteiger partial charge in [-0.15, -0.1) is 0 Å². The van der Waals surface area contributed by atoms with Gasteiger partial charge in [-0.25, -0.2) is 4.98 Å². The standard InChI is InChI=1S/C21H26N4O/c1-26-20-10-5-4-9-19(20)25-15-13-24(14-16-25)12-6-11-21-22-17-7-2-3-8-18(17)23-21/h2-5,7-10H,6,11-16H2,1H3,(H,22,23). The molecule has 1 fully saturated rings. The lowest BCUT2D eigenvalue weighted by Crippen LogP contribution is -2.46. The van der Waals surface area contributed by atoms with E-state index >= 15 is 0 Å². The number of para-hydroxylation sites is 4. The lowest BCUT2D eigenvalue weighted by Gasteiger charge is -2.36. The Bertz CT molecular complexity index is 819. The van der Waals surface area contributed by atoms with Gasteiger partial charge in [-0.1, -0.05) is 24.3 Å². The largest absolute Gasteiger partial charge is 0.495 e. The van der Waals surface area contributed by atoms with E-state index in [1.807, 2.05) is 24.3 Å². The van der Waals surface area contributed by atoms with Gasteiger partial charge in [0.15, 0.2) is 0 Å². The van der Waals surface area contributed by atoms with Crippen LogP contribution >= 0.6 is 0 Å². The van der Waals surface area contributed by atoms with Crippen molar-refractivity contribution in [2.45, 2.75) is 12.8 Å². The zero-order chi connectivity index (χ0) is 17.8. The molecule has 5 heteroatoms. The van der Waals surface area contributed by atoms with Crippen LogP contribution in [0.1, 0.15) is 12.2 Å². The summed E-state index contributed by atoms with van der Waals surface area (Å²) in [7, 11) is 1.74. The van der Waals surface area contributed by atoms with Crippen LogP contribution in [0.4, 0.5) is 5.69 Å². The lowest BCUT2D eigenvalue weighted by atomic mass is 10.2. The van der Waals surface area contributed by atoms with Crippen LogP contribution < -0.4 is 9.64 Å². The number of anilines is 1. The Morgan fingerprint density at radius 3 is 2.58 bits per heavy atom. The SMILES string of the molecule is COc1ccccc1N1CCN(CCCc2nc3ccccc3[nH]2)CC1. The van der Waals surface area contributed by atoms with Gasteiger partial charge in [-0.3, -0.25) is 4.90 Å². The molecular weight excluding hydrogens is 324 g/mol. The third kappa shape index (κ3) is 3.68. The summed E-state index contributed by atoms with van der Waals surface area (Å²) in [4.78, 5) is 13.1. The topological polar surface area (TPSA) is 44.4 Å².